The van der Waals surface area contributed by atoms with Crippen molar-refractivity contribution < 1.29 is 28.5 Å². The Morgan fingerprint density at radius 1 is 0.971 bits per heavy atom. The molecule has 0 radical (unpaired) electrons. The van der Waals surface area contributed by atoms with Crippen LogP contribution < -0.4 is 5.32 Å². The van der Waals surface area contributed by atoms with Gasteiger partial charge in [0.05, 0.1) is 19.3 Å². The van der Waals surface area contributed by atoms with Gasteiger partial charge in [-0.3, -0.25) is 4.90 Å². The highest BCUT2D eigenvalue weighted by atomic mass is 16.6. The molecule has 2 amide bonds. The highest BCUT2D eigenvalue weighted by Crippen LogP contribution is 2.34. The normalized spacial score (nSPS) is 19.3. The number of hydrogen-bond donors (Lipinski definition) is 1. The highest BCUT2D eigenvalue weighted by Gasteiger charge is 2.51. The van der Waals surface area contributed by atoms with Crippen molar-refractivity contribution >= 4 is 12.2 Å². The second-order valence-corrected chi connectivity index (χ2v) is 9.96. The van der Waals surface area contributed by atoms with Crippen molar-refractivity contribution in [2.45, 2.75) is 71.3 Å². The van der Waals surface area contributed by atoms with Crippen LogP contribution in [0.5, 0.6) is 0 Å². The second kappa shape index (κ2) is 11.6. The molecule has 1 saturated heterocycles. The van der Waals surface area contributed by atoms with Gasteiger partial charge in [-0.25, -0.2) is 9.59 Å². The summed E-state index contributed by atoms with van der Waals surface area (Å²) in [7, 11) is 0. The summed E-state index contributed by atoms with van der Waals surface area (Å²) in [5, 5.41) is 2.77. The highest BCUT2D eigenvalue weighted by molar-refractivity contribution is 5.70. The molecule has 8 heteroatoms. The number of alkyl carbamates (subject to hydrolysis) is 1. The van der Waals surface area contributed by atoms with Crippen LogP contribution in [0.4, 0.5) is 9.59 Å². The molecular formula is C27H36N2O6. The Bertz CT molecular complexity index is 959. The van der Waals surface area contributed by atoms with Gasteiger partial charge in [0, 0.05) is 6.54 Å². The van der Waals surface area contributed by atoms with Crippen molar-refractivity contribution in [3.05, 3.63) is 71.8 Å². The van der Waals surface area contributed by atoms with Crippen molar-refractivity contribution in [2.75, 3.05) is 13.2 Å². The number of benzene rings is 2. The molecule has 1 fully saturated rings. The summed E-state index contributed by atoms with van der Waals surface area (Å²) in [6.07, 6.45) is -1.57. The van der Waals surface area contributed by atoms with Crippen molar-refractivity contribution in [1.82, 2.24) is 10.2 Å². The first-order chi connectivity index (χ1) is 16.5. The van der Waals surface area contributed by atoms with Crippen LogP contribution in [-0.2, 0) is 32.2 Å². The van der Waals surface area contributed by atoms with Gasteiger partial charge in [-0.05, 0) is 45.7 Å². The third-order valence-corrected chi connectivity index (χ3v) is 5.43. The summed E-state index contributed by atoms with van der Waals surface area (Å²) < 4.78 is 23.1. The topological polar surface area (TPSA) is 86.3 Å². The third-order valence-electron chi connectivity index (χ3n) is 5.43. The summed E-state index contributed by atoms with van der Waals surface area (Å²) in [6, 6.07) is 18.7. The van der Waals surface area contributed by atoms with E-state index in [2.05, 4.69) is 5.32 Å². The molecule has 0 bridgehead atoms. The fraction of sp³-hybridized carbons (Fsp3) is 0.481. The molecule has 2 unspecified atom stereocenters. The molecule has 0 aromatic heterocycles. The number of ether oxygens (including phenoxy) is 4. The van der Waals surface area contributed by atoms with Crippen molar-refractivity contribution in [2.24, 2.45) is 0 Å². The third kappa shape index (κ3) is 7.97. The second-order valence-electron chi connectivity index (χ2n) is 9.96. The minimum absolute atomic E-state index is 0.121. The fourth-order valence-corrected chi connectivity index (χ4v) is 3.93. The number of nitrogens with one attached hydrogen (secondary N) is 1. The van der Waals surface area contributed by atoms with E-state index in [-0.39, 0.29) is 19.8 Å². The minimum Gasteiger partial charge on any atom is -0.445 e. The monoisotopic (exact) mass is 484 g/mol. The predicted molar refractivity (Wildman–Crippen MR) is 132 cm³/mol. The standard InChI is InChI=1S/C27H36N2O6/c1-26(2,3)35-25(31)29-22(16-28-24(30)33-18-21-14-10-7-11-15-21)23(34-27(29,4)5)19-32-17-20-12-8-6-9-13-20/h6-15,22-23H,16-19H2,1-5H3,(H,28,30). The molecule has 1 aliphatic rings. The lowest BCUT2D eigenvalue weighted by Gasteiger charge is -2.35. The van der Waals surface area contributed by atoms with E-state index in [9.17, 15) is 9.59 Å². The molecule has 2 aromatic rings. The zero-order valence-electron chi connectivity index (χ0n) is 21.2. The predicted octanol–water partition coefficient (Wildman–Crippen LogP) is 4.87. The van der Waals surface area contributed by atoms with Crippen LogP contribution in [0, 0.1) is 0 Å². The average Bonchev–Trinajstić information content (AvgIpc) is 3.06. The first kappa shape index (κ1) is 26.5. The first-order valence-corrected chi connectivity index (χ1v) is 11.8. The average molecular weight is 485 g/mol. The minimum atomic E-state index is -0.955. The quantitative estimate of drug-likeness (QED) is 0.575. The van der Waals surface area contributed by atoms with Gasteiger partial charge in [-0.2, -0.15) is 0 Å². The Balaban J connectivity index is 1.66. The Morgan fingerprint density at radius 2 is 1.54 bits per heavy atom. The van der Waals surface area contributed by atoms with E-state index in [4.69, 9.17) is 18.9 Å². The maximum atomic E-state index is 13.1. The van der Waals surface area contributed by atoms with Crippen molar-refractivity contribution in [1.29, 1.82) is 0 Å². The zero-order chi connectivity index (χ0) is 25.5. The molecule has 190 valence electrons. The maximum absolute atomic E-state index is 13.1. The Morgan fingerprint density at radius 3 is 2.11 bits per heavy atom. The largest absolute Gasteiger partial charge is 0.445 e. The van der Waals surface area contributed by atoms with E-state index in [0.29, 0.717) is 6.61 Å². The van der Waals surface area contributed by atoms with E-state index in [0.717, 1.165) is 11.1 Å². The van der Waals surface area contributed by atoms with E-state index in [1.165, 1.54) is 4.90 Å². The van der Waals surface area contributed by atoms with Gasteiger partial charge in [0.1, 0.15) is 24.0 Å². The fourth-order valence-electron chi connectivity index (χ4n) is 3.93. The van der Waals surface area contributed by atoms with Crippen LogP contribution in [-0.4, -0.2) is 53.7 Å². The number of rotatable bonds is 8. The summed E-state index contributed by atoms with van der Waals surface area (Å²) in [5.41, 5.74) is 0.286. The van der Waals surface area contributed by atoms with Crippen LogP contribution >= 0.6 is 0 Å². The van der Waals surface area contributed by atoms with Gasteiger partial charge in [0.2, 0.25) is 0 Å². The molecular weight excluding hydrogens is 448 g/mol. The lowest BCUT2D eigenvalue weighted by atomic mass is 10.1. The Labute approximate surface area is 207 Å². The molecule has 35 heavy (non-hydrogen) atoms. The number of carbonyl (C=O) groups is 2. The molecule has 8 nitrogen and oxygen atoms in total. The number of nitrogens with zero attached hydrogens (tertiary/aromatic N) is 1. The molecule has 0 aliphatic carbocycles. The lowest BCUT2D eigenvalue weighted by molar-refractivity contribution is -0.0939. The smallest absolute Gasteiger partial charge is 0.412 e. The van der Waals surface area contributed by atoms with E-state index in [1.54, 1.807) is 13.8 Å². The van der Waals surface area contributed by atoms with E-state index < -0.39 is 35.7 Å². The van der Waals surface area contributed by atoms with E-state index in [1.807, 2.05) is 81.4 Å². The van der Waals surface area contributed by atoms with Crippen molar-refractivity contribution in [3.8, 4) is 0 Å². The van der Waals surface area contributed by atoms with Crippen molar-refractivity contribution in [3.63, 3.8) is 0 Å². The summed E-state index contributed by atoms with van der Waals surface area (Å²) in [6.45, 7) is 9.95. The molecule has 2 atom stereocenters. The van der Waals surface area contributed by atoms with Crippen LogP contribution in [0.3, 0.4) is 0 Å². The van der Waals surface area contributed by atoms with Crippen LogP contribution in [0.15, 0.2) is 60.7 Å². The number of carbonyl (C=O) groups excluding carboxylic acids is 2. The maximum Gasteiger partial charge on any atom is 0.412 e. The van der Waals surface area contributed by atoms with Gasteiger partial charge < -0.3 is 24.3 Å². The molecule has 2 aromatic carbocycles. The van der Waals surface area contributed by atoms with E-state index >= 15 is 0 Å². The molecule has 0 saturated carbocycles. The first-order valence-electron chi connectivity index (χ1n) is 11.8. The molecule has 3 rings (SSSR count). The van der Waals surface area contributed by atoms with Crippen LogP contribution in [0.25, 0.3) is 0 Å². The molecule has 1 heterocycles. The molecule has 0 spiro atoms. The molecule has 1 N–H and O–H groups in total. The summed E-state index contributed by atoms with van der Waals surface area (Å²) in [5.74, 6) is 0. The van der Waals surface area contributed by atoms with Crippen LogP contribution in [0.2, 0.25) is 0 Å². The van der Waals surface area contributed by atoms with Gasteiger partial charge in [0.15, 0.2) is 0 Å². The number of amides is 2. The summed E-state index contributed by atoms with van der Waals surface area (Å²) >= 11 is 0. The molecule has 1 aliphatic heterocycles. The summed E-state index contributed by atoms with van der Waals surface area (Å²) in [4.78, 5) is 27.1. The SMILES string of the molecule is CC(C)(C)OC(=O)N1C(CNC(=O)OCc2ccccc2)C(COCc2ccccc2)OC1(C)C. The Hall–Kier alpha value is -3.10. The van der Waals surface area contributed by atoms with Gasteiger partial charge in [-0.15, -0.1) is 0 Å². The Kier molecular flexibility index (Phi) is 8.75. The zero-order valence-corrected chi connectivity index (χ0v) is 21.2. The van der Waals surface area contributed by atoms with Gasteiger partial charge in [0.25, 0.3) is 0 Å². The lowest BCUT2D eigenvalue weighted by Crippen LogP contribution is -2.54. The van der Waals surface area contributed by atoms with Crippen LogP contribution in [0.1, 0.15) is 45.7 Å². The number of hydrogen-bond acceptors (Lipinski definition) is 6. The van der Waals surface area contributed by atoms with Gasteiger partial charge in [-0.1, -0.05) is 60.7 Å². The van der Waals surface area contributed by atoms with Gasteiger partial charge >= 0.3 is 12.2 Å².